The summed E-state index contributed by atoms with van der Waals surface area (Å²) in [5, 5.41) is 10.7. The van der Waals surface area contributed by atoms with Gasteiger partial charge >= 0.3 is 0 Å². The molecule has 1 heterocycles. The first-order chi connectivity index (χ1) is 9.15. The van der Waals surface area contributed by atoms with Gasteiger partial charge in [0.1, 0.15) is 0 Å². The lowest BCUT2D eigenvalue weighted by atomic mass is 10.0. The number of likely N-dealkylation sites (N-methyl/N-ethyl adjacent to an activating group) is 1. The van der Waals surface area contributed by atoms with Crippen LogP contribution in [-0.2, 0) is 6.54 Å². The summed E-state index contributed by atoms with van der Waals surface area (Å²) in [7, 11) is 0. The van der Waals surface area contributed by atoms with E-state index in [1.807, 2.05) is 6.07 Å². The van der Waals surface area contributed by atoms with Gasteiger partial charge in [0.25, 0.3) is 0 Å². The predicted octanol–water partition coefficient (Wildman–Crippen LogP) is 1.97. The second kappa shape index (κ2) is 6.51. The summed E-state index contributed by atoms with van der Waals surface area (Å²) in [4.78, 5) is 4.67. The van der Waals surface area contributed by atoms with Crippen LogP contribution in [0.5, 0.6) is 0 Å². The van der Waals surface area contributed by atoms with Crippen molar-refractivity contribution in [3.63, 3.8) is 0 Å². The molecule has 106 valence electrons. The molecule has 0 radical (unpaired) electrons. The Balaban J connectivity index is 1.88. The van der Waals surface area contributed by atoms with Gasteiger partial charge in [0.15, 0.2) is 0 Å². The van der Waals surface area contributed by atoms with Gasteiger partial charge in [-0.2, -0.15) is 0 Å². The second-order valence-electron chi connectivity index (χ2n) is 5.63. The van der Waals surface area contributed by atoms with E-state index < -0.39 is 5.60 Å². The van der Waals surface area contributed by atoms with Crippen molar-refractivity contribution < 1.29 is 5.11 Å². The van der Waals surface area contributed by atoms with Crippen molar-refractivity contribution in [2.75, 3.05) is 32.7 Å². The Bertz CT molecular complexity index is 378. The lowest BCUT2D eigenvalue weighted by molar-refractivity contribution is 0.0138. The van der Waals surface area contributed by atoms with E-state index in [1.165, 1.54) is 5.56 Å². The number of β-amino-alcohol motifs (C(OH)–C–C–N with tert-alkyl or cyclic N) is 1. The minimum atomic E-state index is -0.527. The van der Waals surface area contributed by atoms with Crippen LogP contribution in [0.25, 0.3) is 0 Å². The Labute approximate surface area is 116 Å². The first kappa shape index (κ1) is 14.5. The number of aliphatic hydroxyl groups is 1. The van der Waals surface area contributed by atoms with Crippen molar-refractivity contribution >= 4 is 0 Å². The normalized spacial score (nSPS) is 24.2. The van der Waals surface area contributed by atoms with Crippen LogP contribution in [0.3, 0.4) is 0 Å². The highest BCUT2D eigenvalue weighted by Crippen LogP contribution is 2.24. The molecule has 0 spiro atoms. The number of likely N-dealkylation sites (tertiary alicyclic amines) is 1. The zero-order chi connectivity index (χ0) is 13.7. The van der Waals surface area contributed by atoms with E-state index in [4.69, 9.17) is 0 Å². The SMILES string of the molecule is CCN(CC)CC1(O)CCN(Cc2ccccc2)C1. The summed E-state index contributed by atoms with van der Waals surface area (Å²) < 4.78 is 0. The lowest BCUT2D eigenvalue weighted by Crippen LogP contribution is -2.45. The Hall–Kier alpha value is -0.900. The molecule has 0 saturated carbocycles. The Morgan fingerprint density at radius 2 is 1.89 bits per heavy atom. The van der Waals surface area contributed by atoms with Crippen LogP contribution in [0.15, 0.2) is 30.3 Å². The quantitative estimate of drug-likeness (QED) is 0.849. The summed E-state index contributed by atoms with van der Waals surface area (Å²) >= 11 is 0. The molecule has 19 heavy (non-hydrogen) atoms. The average molecular weight is 262 g/mol. The van der Waals surface area contributed by atoms with Crippen molar-refractivity contribution in [1.29, 1.82) is 0 Å². The van der Waals surface area contributed by atoms with Crippen LogP contribution in [0, 0.1) is 0 Å². The molecule has 1 aliphatic rings. The largest absolute Gasteiger partial charge is 0.387 e. The molecule has 1 aromatic rings. The number of rotatable bonds is 6. The molecule has 1 atom stereocenters. The fraction of sp³-hybridized carbons (Fsp3) is 0.625. The number of benzene rings is 1. The van der Waals surface area contributed by atoms with Crippen molar-refractivity contribution in [3.8, 4) is 0 Å². The summed E-state index contributed by atoms with van der Waals surface area (Å²) in [6, 6.07) is 10.5. The van der Waals surface area contributed by atoms with E-state index in [2.05, 4.69) is 47.9 Å². The fourth-order valence-electron chi connectivity index (χ4n) is 2.91. The van der Waals surface area contributed by atoms with Gasteiger partial charge in [-0.3, -0.25) is 4.90 Å². The highest BCUT2D eigenvalue weighted by Gasteiger charge is 2.36. The third-order valence-electron chi connectivity index (χ3n) is 4.07. The molecule has 0 aliphatic carbocycles. The molecule has 3 heteroatoms. The zero-order valence-corrected chi connectivity index (χ0v) is 12.2. The van der Waals surface area contributed by atoms with E-state index in [9.17, 15) is 5.11 Å². The van der Waals surface area contributed by atoms with Gasteiger partial charge in [-0.15, -0.1) is 0 Å². The summed E-state index contributed by atoms with van der Waals surface area (Å²) in [6.45, 7) is 9.86. The van der Waals surface area contributed by atoms with Crippen LogP contribution >= 0.6 is 0 Å². The minimum Gasteiger partial charge on any atom is -0.387 e. The van der Waals surface area contributed by atoms with Gasteiger partial charge < -0.3 is 10.0 Å². The molecule has 2 rings (SSSR count). The average Bonchev–Trinajstić information content (AvgIpc) is 2.79. The number of hydrogen-bond donors (Lipinski definition) is 1. The topological polar surface area (TPSA) is 26.7 Å². The summed E-state index contributed by atoms with van der Waals surface area (Å²) in [5.74, 6) is 0. The Morgan fingerprint density at radius 1 is 1.21 bits per heavy atom. The molecule has 1 unspecified atom stereocenters. The van der Waals surface area contributed by atoms with E-state index >= 15 is 0 Å². The summed E-state index contributed by atoms with van der Waals surface area (Å²) in [6.07, 6.45) is 0.885. The molecule has 1 saturated heterocycles. The standard InChI is InChI=1S/C16H26N2O/c1-3-17(4-2)13-16(19)10-11-18(14-16)12-15-8-6-5-7-9-15/h5-9,19H,3-4,10-14H2,1-2H3. The molecule has 0 aromatic heterocycles. The fourth-order valence-corrected chi connectivity index (χ4v) is 2.91. The Morgan fingerprint density at radius 3 is 2.53 bits per heavy atom. The third-order valence-corrected chi connectivity index (χ3v) is 4.07. The van der Waals surface area contributed by atoms with Gasteiger partial charge in [0.05, 0.1) is 5.60 Å². The van der Waals surface area contributed by atoms with Crippen LogP contribution in [0.1, 0.15) is 25.8 Å². The number of hydrogen-bond acceptors (Lipinski definition) is 3. The minimum absolute atomic E-state index is 0.527. The maximum atomic E-state index is 10.7. The maximum absolute atomic E-state index is 10.7. The first-order valence-corrected chi connectivity index (χ1v) is 7.36. The first-order valence-electron chi connectivity index (χ1n) is 7.36. The van der Waals surface area contributed by atoms with Crippen LogP contribution in [-0.4, -0.2) is 53.2 Å². The van der Waals surface area contributed by atoms with Gasteiger partial charge in [-0.05, 0) is 25.1 Å². The van der Waals surface area contributed by atoms with E-state index in [1.54, 1.807) is 0 Å². The summed E-state index contributed by atoms with van der Waals surface area (Å²) in [5.41, 5.74) is 0.801. The molecular formula is C16H26N2O. The Kier molecular flexibility index (Phi) is 4.97. The molecule has 1 aromatic carbocycles. The highest BCUT2D eigenvalue weighted by atomic mass is 16.3. The highest BCUT2D eigenvalue weighted by molar-refractivity contribution is 5.15. The molecule has 1 fully saturated rings. The molecule has 1 aliphatic heterocycles. The zero-order valence-electron chi connectivity index (χ0n) is 12.2. The van der Waals surface area contributed by atoms with Crippen molar-refractivity contribution in [3.05, 3.63) is 35.9 Å². The van der Waals surface area contributed by atoms with Gasteiger partial charge in [-0.25, -0.2) is 0 Å². The molecule has 1 N–H and O–H groups in total. The van der Waals surface area contributed by atoms with Crippen molar-refractivity contribution in [1.82, 2.24) is 9.80 Å². The maximum Gasteiger partial charge on any atom is 0.0912 e. The van der Waals surface area contributed by atoms with Crippen molar-refractivity contribution in [2.45, 2.75) is 32.4 Å². The predicted molar refractivity (Wildman–Crippen MR) is 79.1 cm³/mol. The molecule has 0 bridgehead atoms. The molecular weight excluding hydrogens is 236 g/mol. The van der Waals surface area contributed by atoms with Crippen LogP contribution < -0.4 is 0 Å². The van der Waals surface area contributed by atoms with Gasteiger partial charge in [-0.1, -0.05) is 44.2 Å². The van der Waals surface area contributed by atoms with Gasteiger partial charge in [0.2, 0.25) is 0 Å². The lowest BCUT2D eigenvalue weighted by Gasteiger charge is -2.30. The van der Waals surface area contributed by atoms with E-state index in [-0.39, 0.29) is 0 Å². The monoisotopic (exact) mass is 262 g/mol. The smallest absolute Gasteiger partial charge is 0.0912 e. The number of nitrogens with zero attached hydrogens (tertiary/aromatic N) is 2. The third kappa shape index (κ3) is 4.03. The van der Waals surface area contributed by atoms with E-state index in [0.29, 0.717) is 0 Å². The molecule has 0 amide bonds. The van der Waals surface area contributed by atoms with Crippen molar-refractivity contribution in [2.24, 2.45) is 0 Å². The van der Waals surface area contributed by atoms with E-state index in [0.717, 1.165) is 45.7 Å². The second-order valence-corrected chi connectivity index (χ2v) is 5.63. The van der Waals surface area contributed by atoms with Gasteiger partial charge in [0, 0.05) is 26.2 Å². The molecule has 3 nitrogen and oxygen atoms in total. The van der Waals surface area contributed by atoms with Crippen LogP contribution in [0.4, 0.5) is 0 Å². The van der Waals surface area contributed by atoms with Crippen LogP contribution in [0.2, 0.25) is 0 Å².